The quantitative estimate of drug-likeness (QED) is 0.780. The zero-order valence-corrected chi connectivity index (χ0v) is 16.7. The Labute approximate surface area is 171 Å². The van der Waals surface area contributed by atoms with Crippen molar-refractivity contribution in [3.63, 3.8) is 0 Å². The fourth-order valence-electron chi connectivity index (χ4n) is 4.11. The Bertz CT molecular complexity index is 826. The third-order valence-electron chi connectivity index (χ3n) is 5.75. The molecule has 29 heavy (non-hydrogen) atoms. The Hall–Kier alpha value is -2.60. The molecule has 2 aromatic rings. The number of benzene rings is 1. The molecule has 1 atom stereocenters. The van der Waals surface area contributed by atoms with Crippen LogP contribution >= 0.6 is 0 Å². The summed E-state index contributed by atoms with van der Waals surface area (Å²) in [5, 5.41) is 0. The second-order valence-corrected chi connectivity index (χ2v) is 7.75. The molecule has 2 fully saturated rings. The van der Waals surface area contributed by atoms with Gasteiger partial charge in [-0.3, -0.25) is 9.59 Å². The van der Waals surface area contributed by atoms with Gasteiger partial charge in [0, 0.05) is 44.6 Å². The number of likely N-dealkylation sites (tertiary alicyclic amines) is 1. The molecule has 3 heterocycles. The van der Waals surface area contributed by atoms with Crippen LogP contribution in [0.1, 0.15) is 25.0 Å². The fraction of sp³-hybridized carbons (Fsp3) is 0.478. The molecule has 6 nitrogen and oxygen atoms in total. The van der Waals surface area contributed by atoms with Crippen molar-refractivity contribution in [3.8, 4) is 11.3 Å². The molecule has 2 saturated heterocycles. The standard InChI is InChI=1S/C23H28N2O4/c26-22(11-9-20-8-10-21(29-20)18-5-2-1-3-6-18)25-12-4-7-19(17-25)23(27)24-13-15-28-16-14-24/h1-3,5-6,8,10,19H,4,7,9,11-17H2. The lowest BCUT2D eigenvalue weighted by Gasteiger charge is -2.36. The van der Waals surface area contributed by atoms with E-state index in [0.29, 0.717) is 45.7 Å². The van der Waals surface area contributed by atoms with Gasteiger partial charge >= 0.3 is 0 Å². The number of aryl methyl sites for hydroxylation is 1. The fourth-order valence-corrected chi connectivity index (χ4v) is 4.11. The number of carbonyl (C=O) groups excluding carboxylic acids is 2. The van der Waals surface area contributed by atoms with Gasteiger partial charge in [0.1, 0.15) is 11.5 Å². The molecule has 0 N–H and O–H groups in total. The number of hydrogen-bond donors (Lipinski definition) is 0. The van der Waals surface area contributed by atoms with Crippen molar-refractivity contribution in [2.24, 2.45) is 5.92 Å². The number of ether oxygens (including phenoxy) is 1. The van der Waals surface area contributed by atoms with Gasteiger partial charge in [-0.2, -0.15) is 0 Å². The zero-order valence-electron chi connectivity index (χ0n) is 16.7. The third kappa shape index (κ3) is 4.88. The van der Waals surface area contributed by atoms with Gasteiger partial charge in [0.15, 0.2) is 0 Å². The van der Waals surface area contributed by atoms with Crippen molar-refractivity contribution in [1.82, 2.24) is 9.80 Å². The molecule has 2 amide bonds. The van der Waals surface area contributed by atoms with Gasteiger partial charge < -0.3 is 19.0 Å². The van der Waals surface area contributed by atoms with E-state index in [1.54, 1.807) is 0 Å². The SMILES string of the molecule is O=C(CCc1ccc(-c2ccccc2)o1)N1CCCC(C(=O)N2CCOCC2)C1. The van der Waals surface area contributed by atoms with E-state index >= 15 is 0 Å². The minimum atomic E-state index is -0.0842. The van der Waals surface area contributed by atoms with Gasteiger partial charge in [-0.25, -0.2) is 0 Å². The first-order valence-electron chi connectivity index (χ1n) is 10.5. The number of hydrogen-bond acceptors (Lipinski definition) is 4. The molecule has 1 aromatic carbocycles. The average Bonchev–Trinajstić information content (AvgIpc) is 3.27. The molecule has 2 aliphatic heterocycles. The lowest BCUT2D eigenvalue weighted by atomic mass is 9.96. The van der Waals surface area contributed by atoms with Gasteiger partial charge in [-0.1, -0.05) is 30.3 Å². The number of carbonyl (C=O) groups is 2. The lowest BCUT2D eigenvalue weighted by molar-refractivity contribution is -0.144. The van der Waals surface area contributed by atoms with Crippen molar-refractivity contribution >= 4 is 11.8 Å². The highest BCUT2D eigenvalue weighted by molar-refractivity contribution is 5.81. The van der Waals surface area contributed by atoms with E-state index < -0.39 is 0 Å². The summed E-state index contributed by atoms with van der Waals surface area (Å²) < 4.78 is 11.2. The van der Waals surface area contributed by atoms with E-state index in [2.05, 4.69) is 0 Å². The number of rotatable bonds is 5. The molecule has 0 aliphatic carbocycles. The minimum Gasteiger partial charge on any atom is -0.461 e. The maximum atomic E-state index is 12.8. The van der Waals surface area contributed by atoms with E-state index in [-0.39, 0.29) is 17.7 Å². The van der Waals surface area contributed by atoms with Gasteiger partial charge in [-0.05, 0) is 25.0 Å². The van der Waals surface area contributed by atoms with Crippen LogP contribution in [0.4, 0.5) is 0 Å². The summed E-state index contributed by atoms with van der Waals surface area (Å²) in [7, 11) is 0. The summed E-state index contributed by atoms with van der Waals surface area (Å²) in [6, 6.07) is 13.8. The van der Waals surface area contributed by atoms with Crippen LogP contribution in [0.2, 0.25) is 0 Å². The second-order valence-electron chi connectivity index (χ2n) is 7.75. The lowest BCUT2D eigenvalue weighted by Crippen LogP contribution is -2.49. The van der Waals surface area contributed by atoms with Crippen molar-refractivity contribution in [2.75, 3.05) is 39.4 Å². The van der Waals surface area contributed by atoms with Crippen LogP contribution in [0.3, 0.4) is 0 Å². The minimum absolute atomic E-state index is 0.0842. The molecule has 0 saturated carbocycles. The second kappa shape index (κ2) is 9.27. The van der Waals surface area contributed by atoms with E-state index in [0.717, 1.165) is 36.5 Å². The maximum absolute atomic E-state index is 12.8. The van der Waals surface area contributed by atoms with E-state index in [4.69, 9.17) is 9.15 Å². The number of nitrogens with zero attached hydrogens (tertiary/aromatic N) is 2. The van der Waals surface area contributed by atoms with Crippen LogP contribution in [0.15, 0.2) is 46.9 Å². The number of furan rings is 1. The summed E-state index contributed by atoms with van der Waals surface area (Å²) in [6.45, 7) is 3.79. The molecule has 1 aromatic heterocycles. The molecule has 154 valence electrons. The van der Waals surface area contributed by atoms with Crippen LogP contribution in [0.5, 0.6) is 0 Å². The van der Waals surface area contributed by atoms with E-state index in [9.17, 15) is 9.59 Å². The molecule has 4 rings (SSSR count). The van der Waals surface area contributed by atoms with E-state index in [1.165, 1.54) is 0 Å². The topological polar surface area (TPSA) is 63.0 Å². The Morgan fingerprint density at radius 2 is 1.76 bits per heavy atom. The van der Waals surface area contributed by atoms with Gasteiger partial charge in [-0.15, -0.1) is 0 Å². The summed E-state index contributed by atoms with van der Waals surface area (Å²) in [4.78, 5) is 29.2. The molecule has 0 radical (unpaired) electrons. The molecule has 2 aliphatic rings. The largest absolute Gasteiger partial charge is 0.461 e. The van der Waals surface area contributed by atoms with E-state index in [1.807, 2.05) is 52.3 Å². The van der Waals surface area contributed by atoms with Crippen LogP contribution in [0.25, 0.3) is 11.3 Å². The predicted octanol–water partition coefficient (Wildman–Crippen LogP) is 2.98. The highest BCUT2D eigenvalue weighted by Gasteiger charge is 2.31. The van der Waals surface area contributed by atoms with Crippen molar-refractivity contribution in [1.29, 1.82) is 0 Å². The summed E-state index contributed by atoms with van der Waals surface area (Å²) in [5.74, 6) is 1.82. The number of piperidine rings is 1. The smallest absolute Gasteiger partial charge is 0.227 e. The van der Waals surface area contributed by atoms with Gasteiger partial charge in [0.2, 0.25) is 11.8 Å². The third-order valence-corrected chi connectivity index (χ3v) is 5.75. The zero-order chi connectivity index (χ0) is 20.1. The Morgan fingerprint density at radius 3 is 2.55 bits per heavy atom. The molecule has 6 heteroatoms. The molecular weight excluding hydrogens is 368 g/mol. The van der Waals surface area contributed by atoms with Gasteiger partial charge in [0.05, 0.1) is 19.1 Å². The van der Waals surface area contributed by atoms with Crippen molar-refractivity contribution < 1.29 is 18.7 Å². The number of amides is 2. The average molecular weight is 396 g/mol. The Kier molecular flexibility index (Phi) is 6.30. The number of morpholine rings is 1. The summed E-state index contributed by atoms with van der Waals surface area (Å²) in [5.41, 5.74) is 1.03. The van der Waals surface area contributed by atoms with Crippen LogP contribution in [-0.2, 0) is 20.7 Å². The first-order chi connectivity index (χ1) is 14.2. The van der Waals surface area contributed by atoms with Gasteiger partial charge in [0.25, 0.3) is 0 Å². The predicted molar refractivity (Wildman–Crippen MR) is 109 cm³/mol. The first-order valence-corrected chi connectivity index (χ1v) is 10.5. The van der Waals surface area contributed by atoms with Crippen molar-refractivity contribution in [3.05, 3.63) is 48.2 Å². The summed E-state index contributed by atoms with van der Waals surface area (Å²) >= 11 is 0. The highest BCUT2D eigenvalue weighted by Crippen LogP contribution is 2.24. The monoisotopic (exact) mass is 396 g/mol. The summed E-state index contributed by atoms with van der Waals surface area (Å²) in [6.07, 6.45) is 2.72. The maximum Gasteiger partial charge on any atom is 0.227 e. The first kappa shape index (κ1) is 19.7. The molecular formula is C23H28N2O4. The highest BCUT2D eigenvalue weighted by atomic mass is 16.5. The van der Waals surface area contributed by atoms with Crippen LogP contribution in [0, 0.1) is 5.92 Å². The molecule has 1 unspecified atom stereocenters. The molecule has 0 spiro atoms. The van der Waals surface area contributed by atoms with Crippen LogP contribution in [-0.4, -0.2) is 61.0 Å². The Morgan fingerprint density at radius 1 is 0.966 bits per heavy atom. The Balaban J connectivity index is 1.29. The van der Waals surface area contributed by atoms with Crippen LogP contribution < -0.4 is 0 Å². The van der Waals surface area contributed by atoms with Crippen molar-refractivity contribution in [2.45, 2.75) is 25.7 Å². The normalized spacial score (nSPS) is 19.9. The molecule has 0 bridgehead atoms.